The predicted molar refractivity (Wildman–Crippen MR) is 161 cm³/mol. The molecule has 5 aromatic rings. The topological polar surface area (TPSA) is 127 Å². The average Bonchev–Trinajstić information content (AvgIpc) is 3.40. The molecule has 7 rings (SSSR count). The van der Waals surface area contributed by atoms with Crippen molar-refractivity contribution in [1.29, 1.82) is 0 Å². The molecule has 8 heteroatoms. The van der Waals surface area contributed by atoms with Crippen molar-refractivity contribution in [2.75, 3.05) is 21.3 Å². The summed E-state index contributed by atoms with van der Waals surface area (Å²) in [7, 11) is 0. The van der Waals surface area contributed by atoms with Gasteiger partial charge in [0.1, 0.15) is 0 Å². The molecular formula is C34H22N4O4. The molecule has 0 unspecified atom stereocenters. The van der Waals surface area contributed by atoms with Crippen LogP contribution in [0.2, 0.25) is 0 Å². The van der Waals surface area contributed by atoms with E-state index in [4.69, 9.17) is 11.5 Å². The lowest BCUT2D eigenvalue weighted by atomic mass is 10.00. The summed E-state index contributed by atoms with van der Waals surface area (Å²) in [6.07, 6.45) is 0. The Morgan fingerprint density at radius 1 is 0.381 bits per heavy atom. The molecule has 202 valence electrons. The Morgan fingerprint density at radius 2 is 0.738 bits per heavy atom. The predicted octanol–water partition coefficient (Wildman–Crippen LogP) is 5.79. The van der Waals surface area contributed by atoms with E-state index in [2.05, 4.69) is 0 Å². The van der Waals surface area contributed by atoms with E-state index in [1.165, 1.54) is 0 Å². The first-order valence-corrected chi connectivity index (χ1v) is 13.2. The van der Waals surface area contributed by atoms with E-state index < -0.39 is 23.6 Å². The van der Waals surface area contributed by atoms with Gasteiger partial charge in [0.15, 0.2) is 0 Å². The number of hydrogen-bond acceptors (Lipinski definition) is 6. The number of fused-ring (bicyclic) bond motifs is 2. The van der Waals surface area contributed by atoms with Gasteiger partial charge in [-0.3, -0.25) is 19.2 Å². The largest absolute Gasteiger partial charge is 0.399 e. The third-order valence-electron chi connectivity index (χ3n) is 7.58. The lowest BCUT2D eigenvalue weighted by Gasteiger charge is -2.17. The molecule has 5 aromatic carbocycles. The summed E-state index contributed by atoms with van der Waals surface area (Å²) in [6, 6.07) is 31.0. The molecule has 0 spiro atoms. The minimum absolute atomic E-state index is 0.292. The first-order chi connectivity index (χ1) is 20.3. The summed E-state index contributed by atoms with van der Waals surface area (Å²) >= 11 is 0. The molecule has 0 saturated carbocycles. The summed E-state index contributed by atoms with van der Waals surface area (Å²) in [5, 5.41) is 0. The zero-order valence-corrected chi connectivity index (χ0v) is 22.1. The fourth-order valence-electron chi connectivity index (χ4n) is 5.50. The molecule has 0 fully saturated rings. The van der Waals surface area contributed by atoms with Crippen molar-refractivity contribution in [2.24, 2.45) is 0 Å². The number of hydrogen-bond donors (Lipinski definition) is 2. The minimum Gasteiger partial charge on any atom is -0.399 e. The van der Waals surface area contributed by atoms with Crippen molar-refractivity contribution in [3.8, 4) is 22.3 Å². The standard InChI is InChI=1S/C34H22N4O4/c35-23-5-1-3-19(15-23)21-7-13-27-29(17-21)33(41)37(31(27)39)25-9-11-26(12-10-25)38-32(40)28-14-8-22(18-30(28)34(38)42)20-4-2-6-24(36)16-20/h1-18H,35-36H2. The van der Waals surface area contributed by atoms with Crippen LogP contribution in [0, 0.1) is 0 Å². The second-order valence-electron chi connectivity index (χ2n) is 10.2. The number of benzene rings is 5. The molecular weight excluding hydrogens is 528 g/mol. The van der Waals surface area contributed by atoms with Crippen molar-refractivity contribution in [1.82, 2.24) is 0 Å². The van der Waals surface area contributed by atoms with E-state index >= 15 is 0 Å². The number of carbonyl (C=O) groups excluding carboxylic acids is 4. The molecule has 0 atom stereocenters. The van der Waals surface area contributed by atoms with Gasteiger partial charge < -0.3 is 11.5 Å². The van der Waals surface area contributed by atoms with Crippen LogP contribution in [0.15, 0.2) is 109 Å². The summed E-state index contributed by atoms with van der Waals surface area (Å²) in [6.45, 7) is 0. The van der Waals surface area contributed by atoms with Crippen molar-refractivity contribution in [3.05, 3.63) is 131 Å². The smallest absolute Gasteiger partial charge is 0.266 e. The van der Waals surface area contributed by atoms with Gasteiger partial charge in [-0.05, 0) is 95.1 Å². The Labute approximate surface area is 240 Å². The van der Waals surface area contributed by atoms with E-state index in [-0.39, 0.29) is 0 Å². The highest BCUT2D eigenvalue weighted by Crippen LogP contribution is 2.36. The first-order valence-electron chi connectivity index (χ1n) is 13.2. The van der Waals surface area contributed by atoms with Crippen LogP contribution in [0.1, 0.15) is 41.4 Å². The van der Waals surface area contributed by atoms with Crippen LogP contribution in [0.25, 0.3) is 22.3 Å². The molecule has 0 saturated heterocycles. The van der Waals surface area contributed by atoms with Crippen molar-refractivity contribution < 1.29 is 19.2 Å². The number of rotatable bonds is 4. The first kappa shape index (κ1) is 25.0. The van der Waals surface area contributed by atoms with E-state index in [1.54, 1.807) is 84.9 Å². The molecule has 8 nitrogen and oxygen atoms in total. The summed E-state index contributed by atoms with van der Waals surface area (Å²) in [4.78, 5) is 55.4. The lowest BCUT2D eigenvalue weighted by Crippen LogP contribution is -2.30. The number of imide groups is 2. The zero-order chi connectivity index (χ0) is 29.1. The van der Waals surface area contributed by atoms with Gasteiger partial charge in [-0.15, -0.1) is 0 Å². The van der Waals surface area contributed by atoms with Crippen LogP contribution in [-0.2, 0) is 0 Å². The quantitative estimate of drug-likeness (QED) is 0.216. The van der Waals surface area contributed by atoms with Gasteiger partial charge in [-0.2, -0.15) is 0 Å². The Kier molecular flexibility index (Phi) is 5.52. The molecule has 0 aliphatic carbocycles. The highest BCUT2D eigenvalue weighted by molar-refractivity contribution is 6.36. The van der Waals surface area contributed by atoms with Crippen LogP contribution >= 0.6 is 0 Å². The lowest BCUT2D eigenvalue weighted by molar-refractivity contribution is 0.0909. The Hall–Kier alpha value is -6.02. The molecule has 0 bridgehead atoms. The highest BCUT2D eigenvalue weighted by atomic mass is 16.2. The van der Waals surface area contributed by atoms with E-state index in [1.807, 2.05) is 24.3 Å². The number of nitrogens with two attached hydrogens (primary N) is 2. The number of nitrogen functional groups attached to an aromatic ring is 2. The third-order valence-corrected chi connectivity index (χ3v) is 7.58. The SMILES string of the molecule is Nc1cccc(-c2ccc3c(c2)C(=O)N(c2ccc(N4C(=O)c5ccc(-c6cccc(N)c6)cc5C4=O)cc2)C3=O)c1. The van der Waals surface area contributed by atoms with Gasteiger partial charge in [-0.25, -0.2) is 9.80 Å². The molecule has 2 heterocycles. The maximum absolute atomic E-state index is 13.4. The molecule has 42 heavy (non-hydrogen) atoms. The minimum atomic E-state index is -0.455. The van der Waals surface area contributed by atoms with Crippen LogP contribution in [0.3, 0.4) is 0 Å². The van der Waals surface area contributed by atoms with Gasteiger partial charge in [0.2, 0.25) is 0 Å². The molecule has 0 aromatic heterocycles. The van der Waals surface area contributed by atoms with E-state index in [9.17, 15) is 19.2 Å². The van der Waals surface area contributed by atoms with Gasteiger partial charge in [-0.1, -0.05) is 36.4 Å². The number of nitrogens with zero attached hydrogens (tertiary/aromatic N) is 2. The highest BCUT2D eigenvalue weighted by Gasteiger charge is 2.39. The van der Waals surface area contributed by atoms with Crippen molar-refractivity contribution in [2.45, 2.75) is 0 Å². The van der Waals surface area contributed by atoms with Gasteiger partial charge in [0.05, 0.1) is 33.6 Å². The van der Waals surface area contributed by atoms with Crippen LogP contribution in [0.5, 0.6) is 0 Å². The number of carbonyl (C=O) groups is 4. The molecule has 4 amide bonds. The van der Waals surface area contributed by atoms with Gasteiger partial charge in [0, 0.05) is 11.4 Å². The Balaban J connectivity index is 1.16. The summed E-state index contributed by atoms with van der Waals surface area (Å²) in [5.41, 5.74) is 18.1. The molecule has 0 radical (unpaired) electrons. The van der Waals surface area contributed by atoms with Crippen LogP contribution < -0.4 is 21.3 Å². The Morgan fingerprint density at radius 3 is 1.12 bits per heavy atom. The van der Waals surface area contributed by atoms with Gasteiger partial charge in [0.25, 0.3) is 23.6 Å². The normalized spacial score (nSPS) is 14.0. The van der Waals surface area contributed by atoms with Crippen LogP contribution in [0.4, 0.5) is 22.7 Å². The second kappa shape index (κ2) is 9.28. The summed E-state index contributed by atoms with van der Waals surface area (Å²) in [5.74, 6) is -1.81. The maximum atomic E-state index is 13.4. The fourth-order valence-corrected chi connectivity index (χ4v) is 5.50. The molecule has 2 aliphatic heterocycles. The second-order valence-corrected chi connectivity index (χ2v) is 10.2. The van der Waals surface area contributed by atoms with Crippen molar-refractivity contribution >= 4 is 46.4 Å². The molecule has 2 aliphatic rings. The van der Waals surface area contributed by atoms with E-state index in [0.717, 1.165) is 32.1 Å². The average molecular weight is 551 g/mol. The van der Waals surface area contributed by atoms with Crippen molar-refractivity contribution in [3.63, 3.8) is 0 Å². The summed E-state index contributed by atoms with van der Waals surface area (Å²) < 4.78 is 0. The fraction of sp³-hybridized carbons (Fsp3) is 0. The van der Waals surface area contributed by atoms with Gasteiger partial charge >= 0.3 is 0 Å². The Bertz CT molecular complexity index is 1850. The maximum Gasteiger partial charge on any atom is 0.266 e. The third kappa shape index (κ3) is 3.85. The monoisotopic (exact) mass is 550 g/mol. The number of amides is 4. The van der Waals surface area contributed by atoms with E-state index in [0.29, 0.717) is 45.0 Å². The zero-order valence-electron chi connectivity index (χ0n) is 22.1. The number of anilines is 4. The molecule has 4 N–H and O–H groups in total. The van der Waals surface area contributed by atoms with Crippen LogP contribution in [-0.4, -0.2) is 23.6 Å².